The maximum atomic E-state index is 11.7. The summed E-state index contributed by atoms with van der Waals surface area (Å²) in [6, 6.07) is 6.79. The molecule has 0 aliphatic heterocycles. The fourth-order valence-electron chi connectivity index (χ4n) is 2.25. The van der Waals surface area contributed by atoms with Crippen molar-refractivity contribution in [2.45, 2.75) is 18.9 Å². The van der Waals surface area contributed by atoms with Crippen molar-refractivity contribution in [3.8, 4) is 0 Å². The van der Waals surface area contributed by atoms with Crippen LogP contribution in [-0.2, 0) is 17.6 Å². The van der Waals surface area contributed by atoms with Crippen molar-refractivity contribution in [3.05, 3.63) is 32.9 Å². The van der Waals surface area contributed by atoms with Crippen LogP contribution in [0.25, 0.3) is 0 Å². The molecule has 4 heteroatoms. The van der Waals surface area contributed by atoms with Gasteiger partial charge in [-0.15, -0.1) is 0 Å². The van der Waals surface area contributed by atoms with E-state index in [9.17, 15) is 4.79 Å². The van der Waals surface area contributed by atoms with Gasteiger partial charge in [-0.25, -0.2) is 0 Å². The molecule has 1 aliphatic carbocycles. The van der Waals surface area contributed by atoms with Crippen LogP contribution < -0.4 is 5.32 Å². The molecule has 0 saturated carbocycles. The average Bonchev–Trinajstić information content (AvgIpc) is 2.57. The zero-order valence-corrected chi connectivity index (χ0v) is 12.3. The van der Waals surface area contributed by atoms with Crippen molar-refractivity contribution in [2.24, 2.45) is 0 Å². The Balaban J connectivity index is 1.94. The van der Waals surface area contributed by atoms with E-state index >= 15 is 0 Å². The SMILES string of the molecule is CN(C)CC(=O)NC1Cc2ccc(I)cc2C1. The molecule has 3 nitrogen and oxygen atoms in total. The minimum absolute atomic E-state index is 0.113. The van der Waals surface area contributed by atoms with E-state index in [1.54, 1.807) is 0 Å². The number of hydrogen-bond acceptors (Lipinski definition) is 2. The standard InChI is InChI=1S/C13H17IN2O/c1-16(2)8-13(17)15-12-6-9-3-4-11(14)5-10(9)7-12/h3-5,12H,6-8H2,1-2H3,(H,15,17). The largest absolute Gasteiger partial charge is 0.352 e. The molecule has 1 N–H and O–H groups in total. The molecule has 17 heavy (non-hydrogen) atoms. The zero-order valence-electron chi connectivity index (χ0n) is 10.2. The highest BCUT2D eigenvalue weighted by Gasteiger charge is 2.22. The molecular weight excluding hydrogens is 327 g/mol. The molecule has 1 aliphatic rings. The number of fused-ring (bicyclic) bond motifs is 1. The number of benzene rings is 1. The summed E-state index contributed by atoms with van der Waals surface area (Å²) in [4.78, 5) is 13.6. The van der Waals surface area contributed by atoms with Gasteiger partial charge in [-0.3, -0.25) is 4.79 Å². The van der Waals surface area contributed by atoms with Crippen molar-refractivity contribution in [1.29, 1.82) is 0 Å². The van der Waals surface area contributed by atoms with Gasteiger partial charge in [0.25, 0.3) is 0 Å². The number of carbonyl (C=O) groups excluding carboxylic acids is 1. The molecule has 2 rings (SSSR count). The summed E-state index contributed by atoms with van der Waals surface area (Å²) in [7, 11) is 3.82. The molecule has 1 atom stereocenters. The van der Waals surface area contributed by atoms with Crippen molar-refractivity contribution in [2.75, 3.05) is 20.6 Å². The lowest BCUT2D eigenvalue weighted by atomic mass is 10.1. The summed E-state index contributed by atoms with van der Waals surface area (Å²) in [6.07, 6.45) is 1.93. The van der Waals surface area contributed by atoms with Gasteiger partial charge >= 0.3 is 0 Å². The van der Waals surface area contributed by atoms with Crippen LogP contribution in [0, 0.1) is 3.57 Å². The molecule has 1 aromatic carbocycles. The molecule has 1 amide bonds. The topological polar surface area (TPSA) is 32.3 Å². The second kappa shape index (κ2) is 5.35. The molecule has 1 unspecified atom stereocenters. The molecule has 0 radical (unpaired) electrons. The first kappa shape index (κ1) is 12.8. The number of rotatable bonds is 3. The maximum absolute atomic E-state index is 11.7. The lowest BCUT2D eigenvalue weighted by Crippen LogP contribution is -2.40. The van der Waals surface area contributed by atoms with Crippen molar-refractivity contribution >= 4 is 28.5 Å². The third kappa shape index (κ3) is 3.42. The van der Waals surface area contributed by atoms with Crippen molar-refractivity contribution < 1.29 is 4.79 Å². The van der Waals surface area contributed by atoms with Gasteiger partial charge in [0.15, 0.2) is 0 Å². The van der Waals surface area contributed by atoms with Crippen LogP contribution in [0.15, 0.2) is 18.2 Å². The average molecular weight is 344 g/mol. The van der Waals surface area contributed by atoms with Gasteiger partial charge < -0.3 is 10.2 Å². The predicted octanol–water partition coefficient (Wildman–Crippen LogP) is 1.44. The Bertz CT molecular complexity index is 431. The summed E-state index contributed by atoms with van der Waals surface area (Å²) in [5.74, 6) is 0.113. The van der Waals surface area contributed by atoms with Crippen LogP contribution in [0.3, 0.4) is 0 Å². The van der Waals surface area contributed by atoms with Crippen LogP contribution in [-0.4, -0.2) is 37.5 Å². The fourth-order valence-corrected chi connectivity index (χ4v) is 2.81. The van der Waals surface area contributed by atoms with Crippen LogP contribution in [0.5, 0.6) is 0 Å². The molecule has 0 fully saturated rings. The van der Waals surface area contributed by atoms with Gasteiger partial charge in [0.05, 0.1) is 6.54 Å². The molecule has 1 aromatic rings. The Labute approximate surface area is 116 Å². The molecule has 0 bridgehead atoms. The number of likely N-dealkylation sites (N-methyl/N-ethyl adjacent to an activating group) is 1. The molecule has 92 valence electrons. The minimum Gasteiger partial charge on any atom is -0.352 e. The van der Waals surface area contributed by atoms with E-state index in [2.05, 4.69) is 46.1 Å². The summed E-state index contributed by atoms with van der Waals surface area (Å²) < 4.78 is 1.27. The van der Waals surface area contributed by atoms with Crippen molar-refractivity contribution in [1.82, 2.24) is 10.2 Å². The van der Waals surface area contributed by atoms with Crippen LogP contribution in [0.4, 0.5) is 0 Å². The number of carbonyl (C=O) groups is 1. The number of amides is 1. The third-order valence-electron chi connectivity index (χ3n) is 2.93. The first-order chi connectivity index (χ1) is 8.04. The monoisotopic (exact) mass is 344 g/mol. The Hall–Kier alpha value is -0.620. The number of nitrogens with zero attached hydrogens (tertiary/aromatic N) is 1. The van der Waals surface area contributed by atoms with Gasteiger partial charge in [-0.05, 0) is 72.8 Å². The van der Waals surface area contributed by atoms with E-state index < -0.39 is 0 Å². The molecule has 0 aromatic heterocycles. The first-order valence-electron chi connectivity index (χ1n) is 5.76. The maximum Gasteiger partial charge on any atom is 0.234 e. The van der Waals surface area contributed by atoms with Crippen molar-refractivity contribution in [3.63, 3.8) is 0 Å². The minimum atomic E-state index is 0.113. The van der Waals surface area contributed by atoms with Crippen LogP contribution in [0.2, 0.25) is 0 Å². The van der Waals surface area contributed by atoms with E-state index in [1.165, 1.54) is 14.7 Å². The molecular formula is C13H17IN2O. The highest BCUT2D eigenvalue weighted by Crippen LogP contribution is 2.24. The summed E-state index contributed by atoms with van der Waals surface area (Å²) in [5.41, 5.74) is 2.76. The number of halogens is 1. The first-order valence-corrected chi connectivity index (χ1v) is 6.84. The van der Waals surface area contributed by atoms with Gasteiger partial charge in [-0.2, -0.15) is 0 Å². The smallest absolute Gasteiger partial charge is 0.234 e. The molecule has 0 spiro atoms. The van der Waals surface area contributed by atoms with E-state index in [1.807, 2.05) is 19.0 Å². The summed E-state index contributed by atoms with van der Waals surface area (Å²) in [5, 5.41) is 3.09. The lowest BCUT2D eigenvalue weighted by molar-refractivity contribution is -0.122. The highest BCUT2D eigenvalue weighted by molar-refractivity contribution is 14.1. The third-order valence-corrected chi connectivity index (χ3v) is 3.60. The number of nitrogens with one attached hydrogen (secondary N) is 1. The predicted molar refractivity (Wildman–Crippen MR) is 77.1 cm³/mol. The van der Waals surface area contributed by atoms with E-state index in [-0.39, 0.29) is 11.9 Å². The zero-order chi connectivity index (χ0) is 12.4. The summed E-state index contributed by atoms with van der Waals surface area (Å²) in [6.45, 7) is 0.463. The number of hydrogen-bond donors (Lipinski definition) is 1. The lowest BCUT2D eigenvalue weighted by Gasteiger charge is -2.14. The fraction of sp³-hybridized carbons (Fsp3) is 0.462. The van der Waals surface area contributed by atoms with E-state index in [4.69, 9.17) is 0 Å². The molecule has 0 saturated heterocycles. The van der Waals surface area contributed by atoms with Gasteiger partial charge in [0, 0.05) is 9.61 Å². The van der Waals surface area contributed by atoms with Gasteiger partial charge in [0.1, 0.15) is 0 Å². The van der Waals surface area contributed by atoms with Gasteiger partial charge in [-0.1, -0.05) is 6.07 Å². The van der Waals surface area contributed by atoms with Crippen LogP contribution >= 0.6 is 22.6 Å². The highest BCUT2D eigenvalue weighted by atomic mass is 127. The van der Waals surface area contributed by atoms with Gasteiger partial charge in [0.2, 0.25) is 5.91 Å². The second-order valence-electron chi connectivity index (χ2n) is 4.82. The van der Waals surface area contributed by atoms with E-state index in [0.29, 0.717) is 6.54 Å². The Morgan fingerprint density at radius 3 is 2.82 bits per heavy atom. The molecule has 0 heterocycles. The second-order valence-corrected chi connectivity index (χ2v) is 6.07. The quantitative estimate of drug-likeness (QED) is 0.842. The van der Waals surface area contributed by atoms with Crippen LogP contribution in [0.1, 0.15) is 11.1 Å². The van der Waals surface area contributed by atoms with E-state index in [0.717, 1.165) is 12.8 Å². The Kier molecular flexibility index (Phi) is 4.04. The summed E-state index contributed by atoms with van der Waals surface area (Å²) >= 11 is 2.33. The Morgan fingerprint density at radius 2 is 2.12 bits per heavy atom. The Morgan fingerprint density at radius 1 is 1.41 bits per heavy atom. The normalized spacial score (nSPS) is 18.2.